The number of rotatable bonds is 10. The number of halogens is 3. The lowest BCUT2D eigenvalue weighted by molar-refractivity contribution is -0.119. The van der Waals surface area contributed by atoms with Gasteiger partial charge >= 0.3 is 0 Å². The van der Waals surface area contributed by atoms with E-state index in [1.165, 1.54) is 12.1 Å². The molecule has 2 heterocycles. The van der Waals surface area contributed by atoms with Crippen molar-refractivity contribution in [3.63, 3.8) is 0 Å². The summed E-state index contributed by atoms with van der Waals surface area (Å²) in [6.45, 7) is 2.37. The van der Waals surface area contributed by atoms with Crippen LogP contribution in [0, 0.1) is 17.6 Å². The van der Waals surface area contributed by atoms with Gasteiger partial charge in [0.15, 0.2) is 0 Å². The van der Waals surface area contributed by atoms with Gasteiger partial charge in [0.2, 0.25) is 15.9 Å². The average Bonchev–Trinajstić information content (AvgIpc) is 3.37. The Bertz CT molecular complexity index is 1570. The van der Waals surface area contributed by atoms with Crippen molar-refractivity contribution in [2.45, 2.75) is 69.5 Å². The molecule has 1 aliphatic heterocycles. The highest BCUT2D eigenvalue weighted by molar-refractivity contribution is 7.89. The number of aromatic nitrogens is 1. The van der Waals surface area contributed by atoms with Crippen molar-refractivity contribution in [3.05, 3.63) is 69.9 Å². The predicted molar refractivity (Wildman–Crippen MR) is 149 cm³/mol. The van der Waals surface area contributed by atoms with Crippen molar-refractivity contribution in [2.24, 2.45) is 5.92 Å². The molecule has 41 heavy (non-hydrogen) atoms. The quantitative estimate of drug-likeness (QED) is 0.317. The van der Waals surface area contributed by atoms with Crippen LogP contribution in [-0.4, -0.2) is 38.2 Å². The monoisotopic (exact) mass is 605 g/mol. The fourth-order valence-electron chi connectivity index (χ4n) is 6.02. The van der Waals surface area contributed by atoms with E-state index in [0.717, 1.165) is 30.6 Å². The standard InChI is InChI=1S/C29H30ClF2N3O5S/c1-2-26(36)34-41(37,38)15-16-6-9-24(23(32)10-16)35-13-18-11-19(35)12-25(18)39-14-20-28(33-40-29(20)17-7-8-17)27-21(30)4-3-5-22(27)31/h3-6,9-10,17-19,25H,2,7-8,11-15H2,1H3,(H,34,36)/t18-,19-,25+/m0/s1. The maximum absolute atomic E-state index is 15.1. The molecule has 1 amide bonds. The fourth-order valence-corrected chi connectivity index (χ4v) is 7.45. The number of hydrogen-bond acceptors (Lipinski definition) is 7. The van der Waals surface area contributed by atoms with Gasteiger partial charge in [-0.15, -0.1) is 0 Å². The number of piperidine rings is 1. The van der Waals surface area contributed by atoms with Gasteiger partial charge in [0.25, 0.3) is 0 Å². The molecule has 1 saturated heterocycles. The van der Waals surface area contributed by atoms with Crippen molar-refractivity contribution in [3.8, 4) is 11.3 Å². The molecule has 1 aromatic heterocycles. The Labute approximate surface area is 242 Å². The average molecular weight is 606 g/mol. The number of carbonyl (C=O) groups is 1. The molecule has 8 nitrogen and oxygen atoms in total. The Hall–Kier alpha value is -3.02. The molecule has 0 unspecified atom stereocenters. The van der Waals surface area contributed by atoms with Gasteiger partial charge < -0.3 is 14.2 Å². The number of benzene rings is 2. The predicted octanol–water partition coefficient (Wildman–Crippen LogP) is 5.69. The summed E-state index contributed by atoms with van der Waals surface area (Å²) in [7, 11) is -3.90. The molecule has 0 spiro atoms. The van der Waals surface area contributed by atoms with Crippen LogP contribution in [0.2, 0.25) is 5.02 Å². The number of sulfonamides is 1. The van der Waals surface area contributed by atoms with E-state index in [1.54, 1.807) is 31.2 Å². The fraction of sp³-hybridized carbons (Fsp3) is 0.448. The summed E-state index contributed by atoms with van der Waals surface area (Å²) in [5.74, 6) is -0.914. The van der Waals surface area contributed by atoms with E-state index in [4.69, 9.17) is 20.9 Å². The van der Waals surface area contributed by atoms with E-state index in [1.807, 2.05) is 9.62 Å². The number of nitrogens with zero attached hydrogens (tertiary/aromatic N) is 2. The molecule has 3 aromatic rings. The van der Waals surface area contributed by atoms with Gasteiger partial charge in [0.1, 0.15) is 23.1 Å². The summed E-state index contributed by atoms with van der Waals surface area (Å²) >= 11 is 6.33. The lowest BCUT2D eigenvalue weighted by Gasteiger charge is -2.33. The van der Waals surface area contributed by atoms with E-state index in [-0.39, 0.29) is 53.2 Å². The van der Waals surface area contributed by atoms with Crippen molar-refractivity contribution >= 4 is 33.2 Å². The van der Waals surface area contributed by atoms with E-state index in [0.29, 0.717) is 24.3 Å². The first-order valence-corrected chi connectivity index (χ1v) is 15.8. The Morgan fingerprint density at radius 1 is 1.20 bits per heavy atom. The highest BCUT2D eigenvalue weighted by Crippen LogP contribution is 2.47. The maximum atomic E-state index is 15.1. The van der Waals surface area contributed by atoms with Crippen LogP contribution in [0.3, 0.4) is 0 Å². The molecule has 12 heteroatoms. The smallest absolute Gasteiger partial charge is 0.239 e. The number of fused-ring (bicyclic) bond motifs is 2. The van der Waals surface area contributed by atoms with Gasteiger partial charge in [-0.05, 0) is 55.5 Å². The lowest BCUT2D eigenvalue weighted by atomic mass is 10.0. The van der Waals surface area contributed by atoms with E-state index >= 15 is 4.39 Å². The van der Waals surface area contributed by atoms with Gasteiger partial charge in [0.05, 0.1) is 34.7 Å². The van der Waals surface area contributed by atoms with E-state index in [9.17, 15) is 17.6 Å². The normalized spacial score (nSPS) is 22.0. The number of amides is 1. The molecule has 218 valence electrons. The number of nitrogens with one attached hydrogen (secondary N) is 1. The summed E-state index contributed by atoms with van der Waals surface area (Å²) < 4.78 is 68.3. The maximum Gasteiger partial charge on any atom is 0.239 e. The van der Waals surface area contributed by atoms with Crippen molar-refractivity contribution < 1.29 is 31.3 Å². The van der Waals surface area contributed by atoms with Crippen LogP contribution in [0.4, 0.5) is 14.5 Å². The zero-order valence-electron chi connectivity index (χ0n) is 22.4. The van der Waals surface area contributed by atoms with Crippen LogP contribution in [0.1, 0.15) is 61.8 Å². The zero-order chi connectivity index (χ0) is 28.9. The first-order valence-electron chi connectivity index (χ1n) is 13.8. The number of hydrogen-bond donors (Lipinski definition) is 1. The number of ether oxygens (including phenoxy) is 1. The second kappa shape index (κ2) is 11.0. The van der Waals surface area contributed by atoms with Crippen LogP contribution in [0.15, 0.2) is 40.9 Å². The van der Waals surface area contributed by atoms with Crippen molar-refractivity contribution in [2.75, 3.05) is 11.4 Å². The minimum atomic E-state index is -3.90. The highest BCUT2D eigenvalue weighted by Gasteiger charge is 2.46. The number of anilines is 1. The third kappa shape index (κ3) is 5.72. The molecule has 3 atom stereocenters. The van der Waals surface area contributed by atoms with Crippen LogP contribution < -0.4 is 9.62 Å². The molecule has 3 fully saturated rings. The van der Waals surface area contributed by atoms with Crippen molar-refractivity contribution in [1.29, 1.82) is 0 Å². The molecule has 6 rings (SSSR count). The summed E-state index contributed by atoms with van der Waals surface area (Å²) in [5, 5.41) is 4.44. The van der Waals surface area contributed by atoms with Gasteiger partial charge in [-0.25, -0.2) is 17.2 Å². The van der Waals surface area contributed by atoms with Gasteiger partial charge in [-0.1, -0.05) is 35.8 Å². The highest BCUT2D eigenvalue weighted by atomic mass is 35.5. The zero-order valence-corrected chi connectivity index (χ0v) is 24.0. The molecule has 2 saturated carbocycles. The second-order valence-electron chi connectivity index (χ2n) is 11.1. The second-order valence-corrected chi connectivity index (χ2v) is 13.2. The molecule has 0 radical (unpaired) electrons. The van der Waals surface area contributed by atoms with Crippen LogP contribution >= 0.6 is 11.6 Å². The molecular weight excluding hydrogens is 576 g/mol. The Kier molecular flexibility index (Phi) is 7.54. The molecule has 3 aliphatic rings. The minimum absolute atomic E-state index is 0.0382. The Balaban J connectivity index is 1.12. The van der Waals surface area contributed by atoms with Gasteiger partial charge in [0, 0.05) is 36.4 Å². The minimum Gasteiger partial charge on any atom is -0.373 e. The van der Waals surface area contributed by atoms with Crippen LogP contribution in [0.25, 0.3) is 11.3 Å². The first-order chi connectivity index (χ1) is 19.6. The summed E-state index contributed by atoms with van der Waals surface area (Å²) in [6.07, 6.45) is 3.49. The van der Waals surface area contributed by atoms with Crippen molar-refractivity contribution in [1.82, 2.24) is 9.88 Å². The van der Waals surface area contributed by atoms with E-state index < -0.39 is 33.3 Å². The molecule has 1 N–H and O–H groups in total. The molecule has 2 aliphatic carbocycles. The largest absolute Gasteiger partial charge is 0.373 e. The lowest BCUT2D eigenvalue weighted by Crippen LogP contribution is -2.39. The third-order valence-corrected chi connectivity index (χ3v) is 9.72. The number of carbonyl (C=O) groups excluding carboxylic acids is 1. The SMILES string of the molecule is CCC(=O)NS(=O)(=O)Cc1ccc(N2C[C@@H]3C[C@H]2C[C@H]3OCc2c(-c3c(F)cccc3Cl)noc2C2CC2)c(F)c1. The Morgan fingerprint density at radius 3 is 2.66 bits per heavy atom. The first kappa shape index (κ1) is 28.1. The summed E-state index contributed by atoms with van der Waals surface area (Å²) in [5.41, 5.74) is 1.99. The Morgan fingerprint density at radius 2 is 2.00 bits per heavy atom. The summed E-state index contributed by atoms with van der Waals surface area (Å²) in [4.78, 5) is 13.5. The van der Waals surface area contributed by atoms with Gasteiger partial charge in [-0.2, -0.15) is 0 Å². The summed E-state index contributed by atoms with van der Waals surface area (Å²) in [6, 6.07) is 8.98. The van der Waals surface area contributed by atoms with Crippen LogP contribution in [-0.2, 0) is 31.9 Å². The molecule has 2 aromatic carbocycles. The molecular formula is C29H30ClF2N3O5S. The van der Waals surface area contributed by atoms with E-state index in [2.05, 4.69) is 5.16 Å². The van der Waals surface area contributed by atoms with Gasteiger partial charge in [-0.3, -0.25) is 9.52 Å². The third-order valence-electron chi connectivity index (χ3n) is 8.15. The molecule has 2 bridgehead atoms. The van der Waals surface area contributed by atoms with Crippen LogP contribution in [0.5, 0.6) is 0 Å². The topological polar surface area (TPSA) is 102 Å².